The Morgan fingerprint density at radius 3 is 2.30 bits per heavy atom. The molecular formula is C33H39Cl2N3O4S. The molecule has 2 amide bonds. The summed E-state index contributed by atoms with van der Waals surface area (Å²) < 4.78 is 29.3. The summed E-state index contributed by atoms with van der Waals surface area (Å²) in [6, 6.07) is 17.6. The molecule has 4 rings (SSSR count). The molecule has 3 aromatic carbocycles. The van der Waals surface area contributed by atoms with Crippen LogP contribution >= 0.6 is 23.2 Å². The largest absolute Gasteiger partial charge is 0.352 e. The van der Waals surface area contributed by atoms with E-state index in [4.69, 9.17) is 23.2 Å². The van der Waals surface area contributed by atoms with E-state index in [9.17, 15) is 18.0 Å². The Kier molecular flexibility index (Phi) is 11.2. The van der Waals surface area contributed by atoms with Crippen LogP contribution in [0.1, 0.15) is 62.1 Å². The van der Waals surface area contributed by atoms with Crippen molar-refractivity contribution < 1.29 is 18.0 Å². The Hall–Kier alpha value is -3.07. The van der Waals surface area contributed by atoms with E-state index in [1.807, 2.05) is 26.8 Å². The molecule has 230 valence electrons. The lowest BCUT2D eigenvalue weighted by Gasteiger charge is -2.35. The summed E-state index contributed by atoms with van der Waals surface area (Å²) in [7, 11) is -4.14. The van der Waals surface area contributed by atoms with Crippen LogP contribution < -0.4 is 9.62 Å². The van der Waals surface area contributed by atoms with E-state index >= 15 is 0 Å². The van der Waals surface area contributed by atoms with E-state index in [0.717, 1.165) is 47.5 Å². The molecule has 0 aliphatic heterocycles. The third kappa shape index (κ3) is 7.91. The Bertz CT molecular complexity index is 1540. The van der Waals surface area contributed by atoms with Crippen molar-refractivity contribution in [2.24, 2.45) is 0 Å². The Labute approximate surface area is 265 Å². The van der Waals surface area contributed by atoms with E-state index < -0.39 is 28.5 Å². The quantitative estimate of drug-likeness (QED) is 0.242. The average molecular weight is 645 g/mol. The van der Waals surface area contributed by atoms with Crippen molar-refractivity contribution in [3.63, 3.8) is 0 Å². The topological polar surface area (TPSA) is 86.8 Å². The van der Waals surface area contributed by atoms with Crippen LogP contribution in [-0.2, 0) is 26.2 Å². The van der Waals surface area contributed by atoms with Gasteiger partial charge in [-0.05, 0) is 80.1 Å². The fourth-order valence-electron chi connectivity index (χ4n) is 5.54. The van der Waals surface area contributed by atoms with Gasteiger partial charge in [-0.2, -0.15) is 0 Å². The van der Waals surface area contributed by atoms with Gasteiger partial charge in [0, 0.05) is 22.6 Å². The zero-order valence-electron chi connectivity index (χ0n) is 24.9. The minimum Gasteiger partial charge on any atom is -0.352 e. The van der Waals surface area contributed by atoms with Gasteiger partial charge in [0.05, 0.1) is 10.6 Å². The maximum atomic E-state index is 14.4. The first-order valence-corrected chi connectivity index (χ1v) is 16.9. The second-order valence-corrected chi connectivity index (χ2v) is 13.8. The van der Waals surface area contributed by atoms with Gasteiger partial charge in [-0.3, -0.25) is 13.9 Å². The maximum Gasteiger partial charge on any atom is 0.264 e. The van der Waals surface area contributed by atoms with Gasteiger partial charge in [-0.1, -0.05) is 85.8 Å². The second kappa shape index (κ2) is 14.6. The lowest BCUT2D eigenvalue weighted by Crippen LogP contribution is -2.54. The lowest BCUT2D eigenvalue weighted by molar-refractivity contribution is -0.140. The minimum absolute atomic E-state index is 0.0114. The van der Waals surface area contributed by atoms with Crippen molar-refractivity contribution in [1.82, 2.24) is 10.2 Å². The summed E-state index contributed by atoms with van der Waals surface area (Å²) in [4.78, 5) is 29.6. The number of carbonyl (C=O) groups is 2. The maximum absolute atomic E-state index is 14.4. The molecule has 0 aromatic heterocycles. The lowest BCUT2D eigenvalue weighted by atomic mass is 9.95. The van der Waals surface area contributed by atoms with Gasteiger partial charge >= 0.3 is 0 Å². The molecule has 1 fully saturated rings. The number of aryl methyl sites for hydroxylation is 1. The van der Waals surface area contributed by atoms with Gasteiger partial charge < -0.3 is 10.2 Å². The molecule has 0 unspecified atom stereocenters. The van der Waals surface area contributed by atoms with Gasteiger partial charge in [0.25, 0.3) is 10.0 Å². The number of hydrogen-bond donors (Lipinski definition) is 1. The van der Waals surface area contributed by atoms with Crippen molar-refractivity contribution in [1.29, 1.82) is 0 Å². The van der Waals surface area contributed by atoms with Gasteiger partial charge in [0.2, 0.25) is 11.8 Å². The van der Waals surface area contributed by atoms with E-state index in [1.54, 1.807) is 48.5 Å². The van der Waals surface area contributed by atoms with Crippen LogP contribution in [0.15, 0.2) is 71.6 Å². The van der Waals surface area contributed by atoms with Gasteiger partial charge in [-0.15, -0.1) is 0 Å². The first kappa shape index (κ1) is 32.8. The summed E-state index contributed by atoms with van der Waals surface area (Å²) in [5.74, 6) is -0.769. The average Bonchev–Trinajstić information content (AvgIpc) is 2.99. The molecule has 3 aromatic rings. The monoisotopic (exact) mass is 643 g/mol. The smallest absolute Gasteiger partial charge is 0.264 e. The minimum atomic E-state index is -4.14. The van der Waals surface area contributed by atoms with Crippen LogP contribution in [-0.4, -0.2) is 43.8 Å². The van der Waals surface area contributed by atoms with Crippen LogP contribution in [0, 0.1) is 13.8 Å². The second-order valence-electron chi connectivity index (χ2n) is 11.1. The molecule has 0 saturated heterocycles. The third-order valence-electron chi connectivity index (χ3n) is 8.15. The number of carbonyl (C=O) groups excluding carboxylic acids is 2. The molecule has 1 saturated carbocycles. The Morgan fingerprint density at radius 1 is 0.953 bits per heavy atom. The number of nitrogens with zero attached hydrogens (tertiary/aromatic N) is 2. The molecule has 0 bridgehead atoms. The Morgan fingerprint density at radius 2 is 1.65 bits per heavy atom. The molecule has 1 aliphatic carbocycles. The number of hydrogen-bond acceptors (Lipinski definition) is 4. The molecule has 0 spiro atoms. The summed E-state index contributed by atoms with van der Waals surface area (Å²) >= 11 is 12.7. The van der Waals surface area contributed by atoms with Gasteiger partial charge in [-0.25, -0.2) is 8.42 Å². The zero-order chi connectivity index (χ0) is 31.1. The summed E-state index contributed by atoms with van der Waals surface area (Å²) in [5, 5.41) is 3.96. The predicted octanol–water partition coefficient (Wildman–Crippen LogP) is 7.06. The molecule has 43 heavy (non-hydrogen) atoms. The molecule has 7 nitrogen and oxygen atoms in total. The van der Waals surface area contributed by atoms with Crippen LogP contribution in [0.4, 0.5) is 5.69 Å². The number of amides is 2. The standard InChI is InChI=1S/C33H39Cl2N3O4S/c1-4-30(33(40)36-27-13-7-5-8-14-27)37(21-25-18-19-26(34)20-29(25)35)32(39)22-38(31-17-11-12-23(2)24(31)3)43(41,42)28-15-9-6-10-16-28/h6,9-12,15-20,27,30H,4-5,7-8,13-14,21-22H2,1-3H3,(H,36,40)/t30-/m1/s1. The summed E-state index contributed by atoms with van der Waals surface area (Å²) in [6.07, 6.45) is 5.38. The number of nitrogens with one attached hydrogen (secondary N) is 1. The molecule has 10 heteroatoms. The number of rotatable bonds is 11. The van der Waals surface area contributed by atoms with Crippen LogP contribution in [0.2, 0.25) is 10.0 Å². The highest BCUT2D eigenvalue weighted by atomic mass is 35.5. The summed E-state index contributed by atoms with van der Waals surface area (Å²) in [5.41, 5.74) is 2.64. The normalized spacial score (nSPS) is 14.6. The van der Waals surface area contributed by atoms with E-state index in [0.29, 0.717) is 27.7 Å². The van der Waals surface area contributed by atoms with E-state index in [2.05, 4.69) is 5.32 Å². The zero-order valence-corrected chi connectivity index (χ0v) is 27.2. The number of benzene rings is 3. The van der Waals surface area contributed by atoms with Crippen molar-refractivity contribution in [3.05, 3.63) is 93.5 Å². The predicted molar refractivity (Wildman–Crippen MR) is 173 cm³/mol. The van der Waals surface area contributed by atoms with Crippen molar-refractivity contribution in [2.45, 2.75) is 82.8 Å². The van der Waals surface area contributed by atoms with Crippen molar-refractivity contribution in [3.8, 4) is 0 Å². The first-order valence-electron chi connectivity index (χ1n) is 14.7. The molecule has 1 N–H and O–H groups in total. The first-order chi connectivity index (χ1) is 20.5. The van der Waals surface area contributed by atoms with Crippen LogP contribution in [0.5, 0.6) is 0 Å². The van der Waals surface area contributed by atoms with E-state index in [-0.39, 0.29) is 23.4 Å². The van der Waals surface area contributed by atoms with E-state index in [1.165, 1.54) is 17.0 Å². The summed E-state index contributed by atoms with van der Waals surface area (Å²) in [6.45, 7) is 5.08. The highest BCUT2D eigenvalue weighted by Crippen LogP contribution is 2.30. The highest BCUT2D eigenvalue weighted by molar-refractivity contribution is 7.92. The molecule has 1 aliphatic rings. The number of sulfonamides is 1. The fourth-order valence-corrected chi connectivity index (χ4v) is 7.50. The van der Waals surface area contributed by atoms with Gasteiger partial charge in [0.15, 0.2) is 0 Å². The fraction of sp³-hybridized carbons (Fsp3) is 0.394. The number of halogens is 2. The molecule has 1 atom stereocenters. The molecule has 0 heterocycles. The SMILES string of the molecule is CC[C@H](C(=O)NC1CCCCC1)N(Cc1ccc(Cl)cc1Cl)C(=O)CN(c1cccc(C)c1C)S(=O)(=O)c1ccccc1. The number of anilines is 1. The third-order valence-corrected chi connectivity index (χ3v) is 10.5. The molecular weight excluding hydrogens is 605 g/mol. The molecule has 0 radical (unpaired) electrons. The van der Waals surface area contributed by atoms with Gasteiger partial charge in [0.1, 0.15) is 12.6 Å². The highest BCUT2D eigenvalue weighted by Gasteiger charge is 2.35. The van der Waals surface area contributed by atoms with Crippen molar-refractivity contribution >= 4 is 50.7 Å². The van der Waals surface area contributed by atoms with Crippen LogP contribution in [0.25, 0.3) is 0 Å². The van der Waals surface area contributed by atoms with Crippen LogP contribution in [0.3, 0.4) is 0 Å². The van der Waals surface area contributed by atoms with Crippen molar-refractivity contribution in [2.75, 3.05) is 10.8 Å². The Balaban J connectivity index is 1.75.